The van der Waals surface area contributed by atoms with E-state index < -0.39 is 0 Å². The van der Waals surface area contributed by atoms with Crippen LogP contribution in [0.25, 0.3) is 0 Å². The van der Waals surface area contributed by atoms with E-state index in [-0.39, 0.29) is 5.60 Å². The van der Waals surface area contributed by atoms with Gasteiger partial charge in [0.25, 0.3) is 0 Å². The Morgan fingerprint density at radius 2 is 2.00 bits per heavy atom. The van der Waals surface area contributed by atoms with E-state index in [4.69, 9.17) is 16.3 Å². The molecule has 0 fully saturated rings. The maximum atomic E-state index is 5.87. The summed E-state index contributed by atoms with van der Waals surface area (Å²) in [4.78, 5) is 0. The Balaban J connectivity index is 0.000000791. The van der Waals surface area contributed by atoms with Gasteiger partial charge in [-0.1, -0.05) is 0 Å². The van der Waals surface area contributed by atoms with Crippen LogP contribution in [0.5, 0.6) is 5.75 Å². The monoisotopic (exact) mass is 326 g/mol. The summed E-state index contributed by atoms with van der Waals surface area (Å²) < 4.78 is 5.58. The van der Waals surface area contributed by atoms with Crippen LogP contribution in [0.2, 0.25) is 5.02 Å². The zero-order valence-corrected chi connectivity index (χ0v) is 13.9. The molecule has 0 amide bonds. The van der Waals surface area contributed by atoms with Gasteiger partial charge in [-0.2, -0.15) is 29.8 Å². The van der Waals surface area contributed by atoms with Gasteiger partial charge in [0.2, 0.25) is 0 Å². The molecule has 0 saturated carbocycles. The van der Waals surface area contributed by atoms with Crippen LogP contribution in [0.15, 0.2) is 18.2 Å². The van der Waals surface area contributed by atoms with Crippen molar-refractivity contribution in [1.82, 2.24) is 0 Å². The molecule has 4 heteroatoms. The Morgan fingerprint density at radius 1 is 1.43 bits per heavy atom. The van der Waals surface area contributed by atoms with E-state index in [0.717, 1.165) is 0 Å². The van der Waals surface area contributed by atoms with E-state index >= 15 is 0 Å². The molecule has 0 aliphatic heterocycles. The maximum absolute atomic E-state index is 5.87. The van der Waals surface area contributed by atoms with Crippen LogP contribution in [0.4, 0.5) is 0 Å². The van der Waals surface area contributed by atoms with E-state index in [1.54, 1.807) is 12.1 Å². The van der Waals surface area contributed by atoms with Crippen LogP contribution in [-0.2, 0) is 16.3 Å². The van der Waals surface area contributed by atoms with Gasteiger partial charge in [0, 0.05) is 5.75 Å². The third kappa shape index (κ3) is 6.00. The van der Waals surface area contributed by atoms with Crippen LogP contribution in [0.3, 0.4) is 0 Å². The van der Waals surface area contributed by atoms with Crippen LogP contribution in [0, 0.1) is 6.07 Å². The second kappa shape index (κ2) is 6.82. The second-order valence-electron chi connectivity index (χ2n) is 3.57. The predicted molar refractivity (Wildman–Crippen MR) is 59.6 cm³/mol. The van der Waals surface area contributed by atoms with E-state index in [1.807, 2.05) is 26.8 Å². The molecule has 0 unspecified atom stereocenters. The van der Waals surface area contributed by atoms with Gasteiger partial charge in [0.1, 0.15) is 0 Å². The van der Waals surface area contributed by atoms with Crippen molar-refractivity contribution in [1.29, 1.82) is 0 Å². The first-order valence-electron chi connectivity index (χ1n) is 4.10. The zero-order chi connectivity index (χ0) is 11.2. The van der Waals surface area contributed by atoms with E-state index in [2.05, 4.69) is 19.7 Å². The molecule has 1 aromatic carbocycles. The van der Waals surface area contributed by atoms with E-state index in [0.29, 0.717) is 10.8 Å². The van der Waals surface area contributed by atoms with Crippen molar-refractivity contribution < 1.29 is 21.1 Å². The summed E-state index contributed by atoms with van der Waals surface area (Å²) in [6.45, 7) is 5.96. The van der Waals surface area contributed by atoms with Gasteiger partial charge in [-0.25, -0.2) is 0 Å². The molecule has 0 N–H and O–H groups in total. The molecule has 0 bridgehead atoms. The predicted octanol–water partition coefficient (Wildman–Crippen LogP) is 4.16. The fraction of sp³-hybridized carbons (Fsp3) is 0.400. The first-order valence-corrected chi connectivity index (χ1v) is 11.4. The molecule has 0 aliphatic carbocycles. The number of hydrogen-bond acceptors (Lipinski definition) is 1. The van der Waals surface area contributed by atoms with Gasteiger partial charge in [-0.05, 0) is 25.8 Å². The van der Waals surface area contributed by atoms with Gasteiger partial charge in [0.15, 0.2) is 0 Å². The first kappa shape index (κ1) is 14.4. The first-order chi connectivity index (χ1) is 6.49. The molecule has 0 heterocycles. The number of rotatable bonds is 1. The Morgan fingerprint density at radius 3 is 2.43 bits per heavy atom. The molecule has 1 rings (SSSR count). The number of ether oxygens (including phenoxy) is 1. The fourth-order valence-electron chi connectivity index (χ4n) is 0.808. The Labute approximate surface area is 107 Å². The molecule has 0 saturated heterocycles. The average Bonchev–Trinajstić information content (AvgIpc) is 2.10. The summed E-state index contributed by atoms with van der Waals surface area (Å²) in [6.07, 6.45) is 0. The Hall–Kier alpha value is 0.413. The summed E-state index contributed by atoms with van der Waals surface area (Å²) in [6, 6.07) is 8.17. The van der Waals surface area contributed by atoms with Crippen LogP contribution in [-0.4, -0.2) is 5.60 Å². The van der Waals surface area contributed by atoms with Crippen molar-refractivity contribution in [2.75, 3.05) is 0 Å². The Kier molecular flexibility index (Phi) is 7.02. The molecule has 0 radical (unpaired) electrons. The molecule has 74 valence electrons. The standard InChI is InChI=1S/C10H12ClO.BrH.Zn/c1-10(2,3)12-9-7-5-4-6-8(9)11;;/h5-7H,1-3H3;1H;/q-1;;+2/p-1. The van der Waals surface area contributed by atoms with Gasteiger partial charge in [-0.15, -0.1) is 6.07 Å². The van der Waals surface area contributed by atoms with Crippen molar-refractivity contribution in [3.8, 4) is 5.75 Å². The molecule has 0 atom stereocenters. The third-order valence-electron chi connectivity index (χ3n) is 1.19. The second-order valence-corrected chi connectivity index (χ2v) is 3.98. The van der Waals surface area contributed by atoms with E-state index in [9.17, 15) is 0 Å². The van der Waals surface area contributed by atoms with E-state index in [1.165, 1.54) is 16.3 Å². The topological polar surface area (TPSA) is 9.23 Å². The summed E-state index contributed by atoms with van der Waals surface area (Å²) in [5, 5.41) is 0.604. The van der Waals surface area contributed by atoms with Gasteiger partial charge >= 0.3 is 30.0 Å². The molecule has 0 aliphatic rings. The zero-order valence-electron chi connectivity index (χ0n) is 8.60. The van der Waals surface area contributed by atoms with Crippen LogP contribution < -0.4 is 4.74 Å². The third-order valence-corrected chi connectivity index (χ3v) is 1.49. The van der Waals surface area contributed by atoms with Crippen molar-refractivity contribution in [3.63, 3.8) is 0 Å². The molecule has 0 aromatic heterocycles. The summed E-state index contributed by atoms with van der Waals surface area (Å²) in [5.74, 6) is 0.711. The van der Waals surface area contributed by atoms with Crippen molar-refractivity contribution in [2.45, 2.75) is 26.4 Å². The van der Waals surface area contributed by atoms with Crippen LogP contribution in [0.1, 0.15) is 20.8 Å². The van der Waals surface area contributed by atoms with Crippen molar-refractivity contribution in [2.24, 2.45) is 0 Å². The van der Waals surface area contributed by atoms with Crippen molar-refractivity contribution in [3.05, 3.63) is 29.3 Å². The summed E-state index contributed by atoms with van der Waals surface area (Å²) >= 11 is 10.1. The fourth-order valence-corrected chi connectivity index (χ4v) is 0.973. The minimum absolute atomic E-state index is 0.203. The summed E-state index contributed by atoms with van der Waals surface area (Å²) in [5.41, 5.74) is -0.203. The van der Waals surface area contributed by atoms with Gasteiger partial charge in [0.05, 0.1) is 5.60 Å². The number of halogens is 2. The number of hydrogen-bond donors (Lipinski definition) is 0. The average molecular weight is 329 g/mol. The Bertz CT molecular complexity index is 273. The molecule has 0 spiro atoms. The molecule has 1 nitrogen and oxygen atoms in total. The van der Waals surface area contributed by atoms with Crippen molar-refractivity contribution >= 4 is 25.2 Å². The number of benzene rings is 1. The summed E-state index contributed by atoms with van der Waals surface area (Å²) in [7, 11) is 0. The molecule has 1 aromatic rings. The molecule has 14 heavy (non-hydrogen) atoms. The molecular formula is C10H12BrClOZn. The van der Waals surface area contributed by atoms with Gasteiger partial charge in [-0.3, -0.25) is 0 Å². The quantitative estimate of drug-likeness (QED) is 0.555. The minimum atomic E-state index is -0.203. The van der Waals surface area contributed by atoms with Crippen LogP contribution >= 0.6 is 25.2 Å². The van der Waals surface area contributed by atoms with Gasteiger partial charge < -0.3 is 4.74 Å². The SMILES string of the molecule is CC(C)(C)Oc1cc[c-]cc1Cl.[Zn+][Br]. The molecular weight excluding hydrogens is 317 g/mol. The normalized spacial score (nSPS) is 10.2.